The van der Waals surface area contributed by atoms with Gasteiger partial charge in [-0.25, -0.2) is 13.2 Å². The summed E-state index contributed by atoms with van der Waals surface area (Å²) in [5.74, 6) is -4.25. The molecule has 0 unspecified atom stereocenters. The topological polar surface area (TPSA) is 34.1 Å². The van der Waals surface area contributed by atoms with Crippen LogP contribution < -0.4 is 0 Å². The molecule has 1 atom stereocenters. The molecular weight excluding hydrogens is 484 g/mol. The van der Waals surface area contributed by atoms with Crippen LogP contribution in [0.2, 0.25) is 10.0 Å². The molecule has 0 saturated heterocycles. The van der Waals surface area contributed by atoms with Crippen LogP contribution in [0.15, 0.2) is 72.8 Å². The molecule has 0 aliphatic rings. The molecule has 0 aliphatic carbocycles. The van der Waals surface area contributed by atoms with Crippen LogP contribution in [0.4, 0.5) is 13.2 Å². The van der Waals surface area contributed by atoms with Crippen molar-refractivity contribution >= 4 is 40.8 Å². The predicted octanol–water partition coefficient (Wildman–Crippen LogP) is 7.65. The summed E-state index contributed by atoms with van der Waals surface area (Å²) in [6.07, 6.45) is 1.65. The molecule has 0 N–H and O–H groups in total. The van der Waals surface area contributed by atoms with E-state index in [0.717, 1.165) is 12.1 Å². The van der Waals surface area contributed by atoms with Gasteiger partial charge in [-0.1, -0.05) is 48.0 Å². The van der Waals surface area contributed by atoms with E-state index in [2.05, 4.69) is 6.58 Å². The molecule has 0 spiro atoms. The molecule has 0 amide bonds. The molecular formula is C27H19Cl2F3O2. The number of Topliss-reactive ketones (excluding diaryl/α,β-unsaturated/α-hetero) is 1. The van der Waals surface area contributed by atoms with Gasteiger partial charge in [0, 0.05) is 10.0 Å². The average molecular weight is 503 g/mol. The van der Waals surface area contributed by atoms with Gasteiger partial charge in [0.15, 0.2) is 17.9 Å². The first-order valence-corrected chi connectivity index (χ1v) is 10.9. The number of benzene rings is 3. The summed E-state index contributed by atoms with van der Waals surface area (Å²) < 4.78 is 41.7. The average Bonchev–Trinajstić information content (AvgIpc) is 2.78. The first-order valence-electron chi connectivity index (χ1n) is 10.2. The number of ketones is 1. The highest BCUT2D eigenvalue weighted by molar-refractivity contribution is 6.35. The lowest BCUT2D eigenvalue weighted by Crippen LogP contribution is -2.15. The third-order valence-corrected chi connectivity index (χ3v) is 5.84. The van der Waals surface area contributed by atoms with E-state index >= 15 is 0 Å². The summed E-state index contributed by atoms with van der Waals surface area (Å²) in [5.41, 5.74) is 2.64. The van der Waals surface area contributed by atoms with E-state index in [0.29, 0.717) is 33.4 Å². The number of halogens is 5. The van der Waals surface area contributed by atoms with Gasteiger partial charge >= 0.3 is 0 Å². The molecule has 0 heterocycles. The zero-order valence-corrected chi connectivity index (χ0v) is 19.6. The van der Waals surface area contributed by atoms with Crippen molar-refractivity contribution in [3.63, 3.8) is 0 Å². The minimum atomic E-state index is -1.07. The summed E-state index contributed by atoms with van der Waals surface area (Å²) in [5, 5.41) is 0.566. The number of aldehydes is 1. The van der Waals surface area contributed by atoms with E-state index < -0.39 is 29.2 Å². The molecule has 0 saturated carbocycles. The molecule has 34 heavy (non-hydrogen) atoms. The largest absolute Gasteiger partial charge is 0.295 e. The zero-order chi connectivity index (χ0) is 25.0. The fourth-order valence-corrected chi connectivity index (χ4v) is 4.36. The van der Waals surface area contributed by atoms with Crippen LogP contribution in [0, 0.1) is 24.4 Å². The number of aryl methyl sites for hydroxylation is 1. The van der Waals surface area contributed by atoms with E-state index in [1.54, 1.807) is 6.92 Å². The Morgan fingerprint density at radius 2 is 1.65 bits per heavy atom. The monoisotopic (exact) mass is 502 g/mol. The number of carbonyl (C=O) groups excluding carboxylic acids is 2. The Bertz CT molecular complexity index is 1290. The van der Waals surface area contributed by atoms with Crippen molar-refractivity contribution in [2.75, 3.05) is 0 Å². The Labute approximate surface area is 205 Å². The highest BCUT2D eigenvalue weighted by Gasteiger charge is 2.25. The van der Waals surface area contributed by atoms with Crippen molar-refractivity contribution in [3.05, 3.63) is 123 Å². The predicted molar refractivity (Wildman–Crippen MR) is 129 cm³/mol. The van der Waals surface area contributed by atoms with Crippen LogP contribution in [0.3, 0.4) is 0 Å². The Hall–Kier alpha value is -3.15. The maximum absolute atomic E-state index is 14.2. The van der Waals surface area contributed by atoms with Gasteiger partial charge in [0.05, 0.1) is 5.92 Å². The summed E-state index contributed by atoms with van der Waals surface area (Å²) in [6, 6.07) is 12.0. The molecule has 0 fully saturated rings. The molecule has 3 rings (SSSR count). The van der Waals surface area contributed by atoms with Gasteiger partial charge in [-0.05, 0) is 89.2 Å². The third kappa shape index (κ3) is 5.66. The second-order valence-electron chi connectivity index (χ2n) is 7.67. The van der Waals surface area contributed by atoms with Gasteiger partial charge in [-0.2, -0.15) is 0 Å². The Morgan fingerprint density at radius 3 is 2.21 bits per heavy atom. The molecule has 0 bridgehead atoms. The van der Waals surface area contributed by atoms with Crippen molar-refractivity contribution in [1.82, 2.24) is 0 Å². The molecule has 174 valence electrons. The zero-order valence-electron chi connectivity index (χ0n) is 18.0. The molecule has 2 nitrogen and oxygen atoms in total. The van der Waals surface area contributed by atoms with Crippen LogP contribution in [0.1, 0.15) is 34.6 Å². The molecule has 7 heteroatoms. The number of carbonyl (C=O) groups is 2. The van der Waals surface area contributed by atoms with E-state index in [-0.39, 0.29) is 22.8 Å². The van der Waals surface area contributed by atoms with Gasteiger partial charge in [-0.15, -0.1) is 0 Å². The number of hydrogen-bond donors (Lipinski definition) is 0. The Morgan fingerprint density at radius 1 is 0.971 bits per heavy atom. The minimum absolute atomic E-state index is 0.0249. The number of hydrogen-bond acceptors (Lipinski definition) is 2. The first-order chi connectivity index (χ1) is 16.1. The van der Waals surface area contributed by atoms with E-state index in [4.69, 9.17) is 23.2 Å². The van der Waals surface area contributed by atoms with Crippen LogP contribution in [-0.4, -0.2) is 12.1 Å². The van der Waals surface area contributed by atoms with Crippen LogP contribution in [0.5, 0.6) is 0 Å². The van der Waals surface area contributed by atoms with Crippen molar-refractivity contribution in [1.29, 1.82) is 0 Å². The SMILES string of the molecule is C=C/C(C[C@@H](C(=O)C=O)c1cc(Cl)cc(Cl)c1)=C(/c1ccc(F)c(F)c1)c1ccc(F)cc1C. The summed E-state index contributed by atoms with van der Waals surface area (Å²) in [6.45, 7) is 5.51. The molecule has 0 radical (unpaired) electrons. The second-order valence-corrected chi connectivity index (χ2v) is 8.55. The maximum atomic E-state index is 14.2. The number of rotatable bonds is 8. The van der Waals surface area contributed by atoms with Gasteiger partial charge in [-0.3, -0.25) is 9.59 Å². The van der Waals surface area contributed by atoms with Crippen LogP contribution in [-0.2, 0) is 9.59 Å². The van der Waals surface area contributed by atoms with Gasteiger partial charge in [0.2, 0.25) is 5.78 Å². The first kappa shape index (κ1) is 25.5. The fourth-order valence-electron chi connectivity index (χ4n) is 3.82. The Balaban J connectivity index is 2.28. The minimum Gasteiger partial charge on any atom is -0.295 e. The highest BCUT2D eigenvalue weighted by Crippen LogP contribution is 2.37. The van der Waals surface area contributed by atoms with Crippen molar-refractivity contribution in [2.45, 2.75) is 19.3 Å². The van der Waals surface area contributed by atoms with E-state index in [9.17, 15) is 22.8 Å². The maximum Gasteiger partial charge on any atom is 0.202 e. The highest BCUT2D eigenvalue weighted by atomic mass is 35.5. The lowest BCUT2D eigenvalue weighted by atomic mass is 9.83. The van der Waals surface area contributed by atoms with Crippen LogP contribution in [0.25, 0.3) is 5.57 Å². The summed E-state index contributed by atoms with van der Waals surface area (Å²) in [7, 11) is 0. The second kappa shape index (κ2) is 10.9. The van der Waals surface area contributed by atoms with Crippen LogP contribution >= 0.6 is 23.2 Å². The summed E-state index contributed by atoms with van der Waals surface area (Å²) in [4.78, 5) is 24.1. The lowest BCUT2D eigenvalue weighted by molar-refractivity contribution is -0.130. The van der Waals surface area contributed by atoms with Gasteiger partial charge in [0.25, 0.3) is 0 Å². The quantitative estimate of drug-likeness (QED) is 0.180. The molecule has 3 aromatic carbocycles. The summed E-state index contributed by atoms with van der Waals surface area (Å²) >= 11 is 12.2. The van der Waals surface area contributed by atoms with Crippen molar-refractivity contribution in [2.24, 2.45) is 0 Å². The van der Waals surface area contributed by atoms with E-state index in [1.807, 2.05) is 0 Å². The van der Waals surface area contributed by atoms with E-state index in [1.165, 1.54) is 48.5 Å². The van der Waals surface area contributed by atoms with Crippen molar-refractivity contribution in [3.8, 4) is 0 Å². The van der Waals surface area contributed by atoms with Crippen molar-refractivity contribution < 1.29 is 22.8 Å². The molecule has 0 aliphatic heterocycles. The number of allylic oxidation sites excluding steroid dienone is 2. The fraction of sp³-hybridized carbons (Fsp3) is 0.111. The lowest BCUT2D eigenvalue weighted by Gasteiger charge is -2.20. The van der Waals surface area contributed by atoms with Gasteiger partial charge in [0.1, 0.15) is 5.82 Å². The molecule has 0 aromatic heterocycles. The van der Waals surface area contributed by atoms with Gasteiger partial charge < -0.3 is 0 Å². The Kier molecular flexibility index (Phi) is 8.13. The molecule has 3 aromatic rings. The smallest absolute Gasteiger partial charge is 0.202 e. The normalized spacial score (nSPS) is 12.6. The third-order valence-electron chi connectivity index (χ3n) is 5.40. The standard InChI is InChI=1S/C27H19Cl2F3O2/c1-3-16(11-23(26(34)14-33)18-9-19(28)13-20(29)10-18)27(17-4-7-24(31)25(32)12-17)22-6-5-21(30)8-15(22)2/h3-10,12-14,23H,1,11H2,2H3/b27-16+/t23-/m1/s1.